The molecule has 0 spiro atoms. The highest BCUT2D eigenvalue weighted by atomic mass is 32.1. The summed E-state index contributed by atoms with van der Waals surface area (Å²) in [7, 11) is 0. The van der Waals surface area contributed by atoms with Crippen molar-refractivity contribution in [2.45, 2.75) is 58.9 Å². The fourth-order valence-electron chi connectivity index (χ4n) is 1.48. The standard InChI is InChI=1S/C14H26N4S/c1-13(2,3)11-17-10(9-19-11)7-8-16-12(15)18-14(4,5)6/h9H,7-8H2,1-6H3,(H3,15,16,18). The molecule has 1 rings (SSSR count). The molecule has 0 aliphatic carbocycles. The highest BCUT2D eigenvalue weighted by Crippen LogP contribution is 2.25. The average Bonchev–Trinajstić information content (AvgIpc) is 2.62. The van der Waals surface area contributed by atoms with Crippen LogP contribution in [0.5, 0.6) is 0 Å². The Hall–Kier alpha value is -1.10. The number of nitrogens with two attached hydrogens (primary N) is 1. The third kappa shape index (κ3) is 6.05. The summed E-state index contributed by atoms with van der Waals surface area (Å²) in [6, 6.07) is 0. The lowest BCUT2D eigenvalue weighted by molar-refractivity contribution is 0.508. The van der Waals surface area contributed by atoms with Gasteiger partial charge in [0.25, 0.3) is 0 Å². The van der Waals surface area contributed by atoms with Gasteiger partial charge in [-0.2, -0.15) is 0 Å². The SMILES string of the molecule is CC(C)(C)NC(N)=NCCc1csc(C(C)(C)C)n1. The molecule has 1 aromatic heterocycles. The van der Waals surface area contributed by atoms with Crippen molar-refractivity contribution in [2.75, 3.05) is 6.54 Å². The van der Waals surface area contributed by atoms with Crippen molar-refractivity contribution in [2.24, 2.45) is 10.7 Å². The van der Waals surface area contributed by atoms with Gasteiger partial charge in [-0.05, 0) is 20.8 Å². The smallest absolute Gasteiger partial charge is 0.188 e. The molecule has 0 saturated carbocycles. The minimum absolute atomic E-state index is 0.0480. The van der Waals surface area contributed by atoms with Gasteiger partial charge in [0.2, 0.25) is 0 Å². The number of hydrogen-bond acceptors (Lipinski definition) is 3. The molecule has 0 saturated heterocycles. The number of nitrogens with one attached hydrogen (secondary N) is 1. The van der Waals surface area contributed by atoms with Crippen molar-refractivity contribution in [1.29, 1.82) is 0 Å². The van der Waals surface area contributed by atoms with Crippen molar-refractivity contribution in [1.82, 2.24) is 10.3 Å². The summed E-state index contributed by atoms with van der Waals surface area (Å²) in [4.78, 5) is 8.97. The van der Waals surface area contributed by atoms with Gasteiger partial charge in [0.05, 0.1) is 10.7 Å². The van der Waals surface area contributed by atoms with Gasteiger partial charge < -0.3 is 11.1 Å². The van der Waals surface area contributed by atoms with E-state index in [1.165, 1.54) is 5.01 Å². The number of nitrogens with zero attached hydrogens (tertiary/aromatic N) is 2. The number of guanidine groups is 1. The second kappa shape index (κ2) is 5.90. The second-order valence-electron chi connectivity index (χ2n) is 6.79. The Labute approximate surface area is 120 Å². The molecular weight excluding hydrogens is 256 g/mol. The second-order valence-corrected chi connectivity index (χ2v) is 7.64. The fraction of sp³-hybridized carbons (Fsp3) is 0.714. The van der Waals surface area contributed by atoms with Gasteiger partial charge in [-0.3, -0.25) is 4.99 Å². The summed E-state index contributed by atoms with van der Waals surface area (Å²) in [5, 5.41) is 6.43. The van der Waals surface area contributed by atoms with Crippen LogP contribution in [0.3, 0.4) is 0 Å². The fourth-order valence-corrected chi connectivity index (χ4v) is 2.42. The number of thiazole rings is 1. The highest BCUT2D eigenvalue weighted by Gasteiger charge is 2.17. The predicted molar refractivity (Wildman–Crippen MR) is 83.9 cm³/mol. The quantitative estimate of drug-likeness (QED) is 0.662. The van der Waals surface area contributed by atoms with Crippen molar-refractivity contribution in [3.05, 3.63) is 16.1 Å². The van der Waals surface area contributed by atoms with E-state index in [4.69, 9.17) is 5.73 Å². The molecule has 0 aliphatic rings. The lowest BCUT2D eigenvalue weighted by Gasteiger charge is -2.20. The maximum absolute atomic E-state index is 5.82. The molecule has 0 aromatic carbocycles. The number of aliphatic imine (C=N–C) groups is 1. The maximum atomic E-state index is 5.82. The summed E-state index contributed by atoms with van der Waals surface area (Å²) in [6.07, 6.45) is 0.832. The van der Waals surface area contributed by atoms with E-state index >= 15 is 0 Å². The average molecular weight is 282 g/mol. The first-order valence-corrected chi connectivity index (χ1v) is 7.49. The van der Waals surface area contributed by atoms with Gasteiger partial charge in [0, 0.05) is 29.3 Å². The van der Waals surface area contributed by atoms with E-state index in [1.807, 2.05) is 0 Å². The molecule has 0 aliphatic heterocycles. The Morgan fingerprint density at radius 2 is 1.95 bits per heavy atom. The van der Waals surface area contributed by atoms with Crippen molar-refractivity contribution >= 4 is 17.3 Å². The van der Waals surface area contributed by atoms with E-state index in [-0.39, 0.29) is 11.0 Å². The molecule has 0 bridgehead atoms. The number of hydrogen-bond donors (Lipinski definition) is 2. The Morgan fingerprint density at radius 3 is 2.42 bits per heavy atom. The monoisotopic (exact) mass is 282 g/mol. The Bertz CT molecular complexity index is 435. The molecule has 0 atom stereocenters. The minimum atomic E-state index is -0.0480. The molecule has 3 N–H and O–H groups in total. The topological polar surface area (TPSA) is 63.3 Å². The molecule has 1 heterocycles. The predicted octanol–water partition coefficient (Wildman–Crippen LogP) is 2.69. The molecule has 0 fully saturated rings. The van der Waals surface area contributed by atoms with E-state index in [2.05, 4.69) is 62.2 Å². The Balaban J connectivity index is 2.50. The van der Waals surface area contributed by atoms with Crippen molar-refractivity contribution in [3.8, 4) is 0 Å². The first kappa shape index (κ1) is 16.0. The van der Waals surface area contributed by atoms with Crippen LogP contribution in [0.1, 0.15) is 52.2 Å². The summed E-state index contributed by atoms with van der Waals surface area (Å²) < 4.78 is 0. The zero-order chi connectivity index (χ0) is 14.7. The minimum Gasteiger partial charge on any atom is -0.370 e. The first-order chi connectivity index (χ1) is 8.58. The van der Waals surface area contributed by atoms with Gasteiger partial charge in [-0.1, -0.05) is 20.8 Å². The molecule has 19 heavy (non-hydrogen) atoms. The van der Waals surface area contributed by atoms with Crippen molar-refractivity contribution < 1.29 is 0 Å². The van der Waals surface area contributed by atoms with Crippen LogP contribution in [0, 0.1) is 0 Å². The molecule has 108 valence electrons. The third-order valence-corrected chi connectivity index (χ3v) is 3.66. The molecule has 5 heteroatoms. The van der Waals surface area contributed by atoms with Crippen LogP contribution >= 0.6 is 11.3 Å². The van der Waals surface area contributed by atoms with Gasteiger partial charge in [-0.15, -0.1) is 11.3 Å². The lowest BCUT2D eigenvalue weighted by Crippen LogP contribution is -2.45. The van der Waals surface area contributed by atoms with Gasteiger partial charge >= 0.3 is 0 Å². The lowest BCUT2D eigenvalue weighted by atomic mass is 9.98. The van der Waals surface area contributed by atoms with Gasteiger partial charge in [0.15, 0.2) is 5.96 Å². The van der Waals surface area contributed by atoms with E-state index in [0.29, 0.717) is 12.5 Å². The highest BCUT2D eigenvalue weighted by molar-refractivity contribution is 7.09. The molecule has 0 unspecified atom stereocenters. The summed E-state index contributed by atoms with van der Waals surface area (Å²) >= 11 is 1.72. The van der Waals surface area contributed by atoms with Gasteiger partial charge in [0.1, 0.15) is 0 Å². The van der Waals surface area contributed by atoms with Crippen LogP contribution in [0.2, 0.25) is 0 Å². The summed E-state index contributed by atoms with van der Waals surface area (Å²) in [5.41, 5.74) is 6.99. The third-order valence-electron chi connectivity index (χ3n) is 2.35. The summed E-state index contributed by atoms with van der Waals surface area (Å²) in [5.74, 6) is 0.499. The van der Waals surface area contributed by atoms with Crippen molar-refractivity contribution in [3.63, 3.8) is 0 Å². The molecule has 1 aromatic rings. The van der Waals surface area contributed by atoms with Gasteiger partial charge in [-0.25, -0.2) is 4.98 Å². The molecule has 0 amide bonds. The molecule has 0 radical (unpaired) electrons. The van der Waals surface area contributed by atoms with E-state index in [9.17, 15) is 0 Å². The zero-order valence-electron chi connectivity index (χ0n) is 12.9. The normalized spacial score (nSPS) is 13.7. The number of rotatable bonds is 3. The Kier molecular flexibility index (Phi) is 4.96. The van der Waals surface area contributed by atoms with Crippen LogP contribution in [-0.4, -0.2) is 23.0 Å². The number of aromatic nitrogens is 1. The van der Waals surface area contributed by atoms with E-state index < -0.39 is 0 Å². The molecular formula is C14H26N4S. The summed E-state index contributed by atoms with van der Waals surface area (Å²) in [6.45, 7) is 13.4. The largest absolute Gasteiger partial charge is 0.370 e. The van der Waals surface area contributed by atoms with Crippen LogP contribution in [0.15, 0.2) is 10.4 Å². The van der Waals surface area contributed by atoms with E-state index in [1.54, 1.807) is 11.3 Å². The Morgan fingerprint density at radius 1 is 1.32 bits per heavy atom. The van der Waals surface area contributed by atoms with Crippen LogP contribution in [-0.2, 0) is 11.8 Å². The van der Waals surface area contributed by atoms with Crippen LogP contribution in [0.4, 0.5) is 0 Å². The zero-order valence-corrected chi connectivity index (χ0v) is 13.7. The van der Waals surface area contributed by atoms with Crippen LogP contribution < -0.4 is 11.1 Å². The van der Waals surface area contributed by atoms with Crippen LogP contribution in [0.25, 0.3) is 0 Å². The maximum Gasteiger partial charge on any atom is 0.188 e. The van der Waals surface area contributed by atoms with E-state index in [0.717, 1.165) is 12.1 Å². The molecule has 4 nitrogen and oxygen atoms in total. The first-order valence-electron chi connectivity index (χ1n) is 6.61.